The quantitative estimate of drug-likeness (QED) is 0.582. The first kappa shape index (κ1) is 9.34. The second-order valence-corrected chi connectivity index (χ2v) is 3.90. The third kappa shape index (κ3) is 1.24. The molecule has 14 heavy (non-hydrogen) atoms. The maximum Gasteiger partial charge on any atom is 0.232 e. The Bertz CT molecular complexity index is 396. The van der Waals surface area contributed by atoms with Gasteiger partial charge in [-0.3, -0.25) is 4.79 Å². The summed E-state index contributed by atoms with van der Waals surface area (Å²) in [5, 5.41) is 18.0. The standard InChI is InChI=1S/C10H9ClO3/c11-9(14)10(3-4-10)6-1-2-7(12)8(13)5-6/h1-2,5,12-13H,3-4H2. The second-order valence-electron chi connectivity index (χ2n) is 3.56. The summed E-state index contributed by atoms with van der Waals surface area (Å²) in [4.78, 5) is 11.1. The number of carbonyl (C=O) groups is 1. The van der Waals surface area contributed by atoms with Crippen molar-refractivity contribution in [2.45, 2.75) is 18.3 Å². The van der Waals surface area contributed by atoms with Gasteiger partial charge in [0.05, 0.1) is 5.41 Å². The number of benzene rings is 1. The molecule has 0 saturated heterocycles. The molecule has 1 aromatic carbocycles. The third-order valence-corrected chi connectivity index (χ3v) is 3.02. The van der Waals surface area contributed by atoms with Crippen LogP contribution in [-0.4, -0.2) is 15.5 Å². The molecule has 4 heteroatoms. The van der Waals surface area contributed by atoms with Crippen LogP contribution in [0.4, 0.5) is 0 Å². The number of carbonyl (C=O) groups excluding carboxylic acids is 1. The molecule has 1 aromatic rings. The van der Waals surface area contributed by atoms with E-state index in [0.717, 1.165) is 0 Å². The molecule has 0 atom stereocenters. The van der Waals surface area contributed by atoms with Crippen LogP contribution in [0.5, 0.6) is 11.5 Å². The average Bonchev–Trinajstić information content (AvgIpc) is 2.90. The van der Waals surface area contributed by atoms with Crippen molar-refractivity contribution in [1.29, 1.82) is 0 Å². The number of rotatable bonds is 2. The second kappa shape index (κ2) is 2.89. The Balaban J connectivity index is 2.43. The summed E-state index contributed by atoms with van der Waals surface area (Å²) < 4.78 is 0. The molecule has 2 N–H and O–H groups in total. The van der Waals surface area contributed by atoms with Crippen molar-refractivity contribution in [2.24, 2.45) is 0 Å². The van der Waals surface area contributed by atoms with Gasteiger partial charge in [-0.15, -0.1) is 0 Å². The number of phenols is 2. The fourth-order valence-electron chi connectivity index (χ4n) is 1.54. The zero-order chi connectivity index (χ0) is 10.3. The topological polar surface area (TPSA) is 57.5 Å². The maximum atomic E-state index is 11.1. The summed E-state index contributed by atoms with van der Waals surface area (Å²) in [6.07, 6.45) is 1.42. The molecule has 0 aliphatic heterocycles. The summed E-state index contributed by atoms with van der Waals surface area (Å²) in [7, 11) is 0. The monoisotopic (exact) mass is 212 g/mol. The van der Waals surface area contributed by atoms with Crippen LogP contribution in [0.1, 0.15) is 18.4 Å². The Kier molecular flexibility index (Phi) is 1.93. The lowest BCUT2D eigenvalue weighted by Crippen LogP contribution is -2.14. The maximum absolute atomic E-state index is 11.1. The van der Waals surface area contributed by atoms with Gasteiger partial charge in [-0.25, -0.2) is 0 Å². The van der Waals surface area contributed by atoms with Gasteiger partial charge in [-0.1, -0.05) is 6.07 Å². The highest BCUT2D eigenvalue weighted by atomic mass is 35.5. The van der Waals surface area contributed by atoms with Crippen molar-refractivity contribution >= 4 is 16.8 Å². The number of phenolic OH excluding ortho intramolecular Hbond substituents is 2. The Morgan fingerprint density at radius 2 is 1.93 bits per heavy atom. The Morgan fingerprint density at radius 3 is 2.36 bits per heavy atom. The molecule has 0 spiro atoms. The van der Waals surface area contributed by atoms with Gasteiger partial charge in [-0.05, 0) is 42.1 Å². The molecule has 74 valence electrons. The zero-order valence-electron chi connectivity index (χ0n) is 7.33. The summed E-state index contributed by atoms with van der Waals surface area (Å²) in [5.41, 5.74) is 0.0556. The minimum Gasteiger partial charge on any atom is -0.504 e. The molecule has 0 radical (unpaired) electrons. The molecular formula is C10H9ClO3. The molecule has 1 saturated carbocycles. The van der Waals surface area contributed by atoms with Gasteiger partial charge in [0.15, 0.2) is 11.5 Å². The van der Waals surface area contributed by atoms with E-state index in [0.29, 0.717) is 18.4 Å². The lowest BCUT2D eigenvalue weighted by atomic mass is 9.97. The fraction of sp³-hybridized carbons (Fsp3) is 0.300. The van der Waals surface area contributed by atoms with Gasteiger partial charge in [0, 0.05) is 0 Å². The minimum absolute atomic E-state index is 0.188. The van der Waals surface area contributed by atoms with Gasteiger partial charge < -0.3 is 10.2 Å². The summed E-state index contributed by atoms with van der Waals surface area (Å²) in [6.45, 7) is 0. The molecule has 0 unspecified atom stereocenters. The number of hydrogen-bond acceptors (Lipinski definition) is 3. The van der Waals surface area contributed by atoms with E-state index in [-0.39, 0.29) is 11.5 Å². The highest BCUT2D eigenvalue weighted by Gasteiger charge is 2.50. The number of hydrogen-bond donors (Lipinski definition) is 2. The molecule has 3 nitrogen and oxygen atoms in total. The van der Waals surface area contributed by atoms with E-state index in [9.17, 15) is 9.90 Å². The van der Waals surface area contributed by atoms with Gasteiger partial charge >= 0.3 is 0 Å². The minimum atomic E-state index is -0.618. The van der Waals surface area contributed by atoms with Crippen molar-refractivity contribution in [3.63, 3.8) is 0 Å². The van der Waals surface area contributed by atoms with Crippen molar-refractivity contribution in [1.82, 2.24) is 0 Å². The van der Waals surface area contributed by atoms with Gasteiger partial charge in [0.1, 0.15) is 0 Å². The van der Waals surface area contributed by atoms with E-state index in [1.54, 1.807) is 6.07 Å². The molecule has 0 amide bonds. The smallest absolute Gasteiger partial charge is 0.232 e. The predicted molar refractivity (Wildman–Crippen MR) is 51.5 cm³/mol. The van der Waals surface area contributed by atoms with Crippen LogP contribution in [0.25, 0.3) is 0 Å². The normalized spacial score (nSPS) is 17.8. The third-order valence-electron chi connectivity index (χ3n) is 2.65. The van der Waals surface area contributed by atoms with Crippen LogP contribution in [-0.2, 0) is 10.2 Å². The molecule has 1 fully saturated rings. The summed E-state index contributed by atoms with van der Waals surface area (Å²) in [6, 6.07) is 4.37. The highest BCUT2D eigenvalue weighted by molar-refractivity contribution is 6.66. The average molecular weight is 213 g/mol. The predicted octanol–water partition coefficient (Wildman–Crippen LogP) is 1.89. The molecule has 1 aliphatic rings. The van der Waals surface area contributed by atoms with Crippen LogP contribution in [0.3, 0.4) is 0 Å². The van der Waals surface area contributed by atoms with Crippen LogP contribution < -0.4 is 0 Å². The number of aromatic hydroxyl groups is 2. The van der Waals surface area contributed by atoms with E-state index in [1.165, 1.54) is 12.1 Å². The lowest BCUT2D eigenvalue weighted by Gasteiger charge is -2.10. The lowest BCUT2D eigenvalue weighted by molar-refractivity contribution is -0.113. The largest absolute Gasteiger partial charge is 0.504 e. The first-order chi connectivity index (χ1) is 6.56. The molecular weight excluding hydrogens is 204 g/mol. The van der Waals surface area contributed by atoms with Gasteiger partial charge in [0.2, 0.25) is 5.24 Å². The van der Waals surface area contributed by atoms with Gasteiger partial charge in [-0.2, -0.15) is 0 Å². The SMILES string of the molecule is O=C(Cl)C1(c2ccc(O)c(O)c2)CC1. The van der Waals surface area contributed by atoms with Crippen molar-refractivity contribution < 1.29 is 15.0 Å². The van der Waals surface area contributed by atoms with Crippen molar-refractivity contribution in [3.05, 3.63) is 23.8 Å². The van der Waals surface area contributed by atoms with E-state index >= 15 is 0 Å². The Labute approximate surface area is 85.9 Å². The Morgan fingerprint density at radius 1 is 1.29 bits per heavy atom. The summed E-state index contributed by atoms with van der Waals surface area (Å²) >= 11 is 5.48. The first-order valence-electron chi connectivity index (χ1n) is 4.29. The molecule has 0 bridgehead atoms. The molecule has 1 aliphatic carbocycles. The zero-order valence-corrected chi connectivity index (χ0v) is 8.08. The first-order valence-corrected chi connectivity index (χ1v) is 4.66. The summed E-state index contributed by atoms with van der Waals surface area (Å²) in [5.74, 6) is -0.404. The van der Waals surface area contributed by atoms with E-state index in [2.05, 4.69) is 0 Å². The van der Waals surface area contributed by atoms with E-state index in [1.807, 2.05) is 0 Å². The number of halogens is 1. The van der Waals surface area contributed by atoms with E-state index in [4.69, 9.17) is 16.7 Å². The van der Waals surface area contributed by atoms with Crippen LogP contribution in [0.2, 0.25) is 0 Å². The Hall–Kier alpha value is -1.22. The van der Waals surface area contributed by atoms with E-state index < -0.39 is 10.7 Å². The van der Waals surface area contributed by atoms with Crippen LogP contribution >= 0.6 is 11.6 Å². The van der Waals surface area contributed by atoms with Crippen LogP contribution in [0, 0.1) is 0 Å². The van der Waals surface area contributed by atoms with Gasteiger partial charge in [0.25, 0.3) is 0 Å². The fourth-order valence-corrected chi connectivity index (χ4v) is 1.84. The highest BCUT2D eigenvalue weighted by Crippen LogP contribution is 2.51. The molecule has 0 heterocycles. The molecule has 0 aromatic heterocycles. The molecule has 2 rings (SSSR count). The van der Waals surface area contributed by atoms with Crippen LogP contribution in [0.15, 0.2) is 18.2 Å². The van der Waals surface area contributed by atoms with Crippen molar-refractivity contribution in [3.8, 4) is 11.5 Å². The van der Waals surface area contributed by atoms with Crippen molar-refractivity contribution in [2.75, 3.05) is 0 Å².